The highest BCUT2D eigenvalue weighted by Crippen LogP contribution is 2.33. The smallest absolute Gasteiger partial charge is 0.00132 e. The van der Waals surface area contributed by atoms with Crippen molar-refractivity contribution in [3.63, 3.8) is 0 Å². The Morgan fingerprint density at radius 2 is 2.20 bits per heavy atom. The maximum Gasteiger partial charge on any atom is 0.00132 e. The second-order valence-electron chi connectivity index (χ2n) is 3.88. The van der Waals surface area contributed by atoms with E-state index in [1.165, 1.54) is 25.7 Å². The molecule has 0 aliphatic heterocycles. The molecule has 60 valence electrons. The van der Waals surface area contributed by atoms with Crippen LogP contribution in [0.25, 0.3) is 0 Å². The minimum atomic E-state index is 0.408. The topological polar surface area (TPSA) is 26.0 Å². The van der Waals surface area contributed by atoms with E-state index >= 15 is 0 Å². The third-order valence-corrected chi connectivity index (χ3v) is 2.71. The molecule has 0 heterocycles. The van der Waals surface area contributed by atoms with Gasteiger partial charge in [-0.15, -0.1) is 0 Å². The molecule has 3 atom stereocenters. The first-order valence-corrected chi connectivity index (χ1v) is 4.45. The first-order chi connectivity index (χ1) is 4.70. The van der Waals surface area contributed by atoms with Gasteiger partial charge in [0.05, 0.1) is 0 Å². The molecule has 1 heteroatoms. The van der Waals surface area contributed by atoms with Gasteiger partial charge >= 0.3 is 0 Å². The van der Waals surface area contributed by atoms with E-state index in [4.69, 9.17) is 5.73 Å². The highest BCUT2D eigenvalue weighted by Gasteiger charge is 2.23. The second-order valence-corrected chi connectivity index (χ2v) is 3.88. The van der Waals surface area contributed by atoms with Gasteiger partial charge in [0.2, 0.25) is 0 Å². The molecule has 0 bridgehead atoms. The lowest BCUT2D eigenvalue weighted by atomic mass is 9.92. The Balaban J connectivity index is 2.26. The number of hydrogen-bond donors (Lipinski definition) is 1. The molecule has 0 aromatic heterocycles. The molecule has 0 saturated heterocycles. The first-order valence-electron chi connectivity index (χ1n) is 4.45. The zero-order chi connectivity index (χ0) is 7.56. The van der Waals surface area contributed by atoms with Gasteiger partial charge in [0.15, 0.2) is 0 Å². The molecule has 0 spiro atoms. The number of nitrogens with two attached hydrogens (primary N) is 1. The zero-order valence-electron chi connectivity index (χ0n) is 7.14. The van der Waals surface area contributed by atoms with Crippen molar-refractivity contribution in [2.24, 2.45) is 17.6 Å². The summed E-state index contributed by atoms with van der Waals surface area (Å²) in [6, 6.07) is 0.408. The molecular formula is C9H19N. The lowest BCUT2D eigenvalue weighted by Crippen LogP contribution is -2.20. The molecule has 1 aliphatic rings. The number of hydrogen-bond acceptors (Lipinski definition) is 1. The Hall–Kier alpha value is -0.0400. The molecule has 3 unspecified atom stereocenters. The average Bonchev–Trinajstić information content (AvgIpc) is 2.15. The van der Waals surface area contributed by atoms with Crippen LogP contribution in [0.5, 0.6) is 0 Å². The molecule has 10 heavy (non-hydrogen) atoms. The third kappa shape index (κ3) is 1.98. The Kier molecular flexibility index (Phi) is 2.72. The van der Waals surface area contributed by atoms with Crippen LogP contribution in [0.2, 0.25) is 0 Å². The summed E-state index contributed by atoms with van der Waals surface area (Å²) < 4.78 is 0. The second kappa shape index (κ2) is 3.38. The van der Waals surface area contributed by atoms with Gasteiger partial charge in [-0.25, -0.2) is 0 Å². The SMILES string of the molecule is CC(N)CC1CCCC1C. The van der Waals surface area contributed by atoms with Crippen LogP contribution in [-0.4, -0.2) is 6.04 Å². The van der Waals surface area contributed by atoms with Crippen molar-refractivity contribution in [1.29, 1.82) is 0 Å². The van der Waals surface area contributed by atoms with Crippen molar-refractivity contribution < 1.29 is 0 Å². The van der Waals surface area contributed by atoms with Gasteiger partial charge in [0, 0.05) is 6.04 Å². The Bertz CT molecular complexity index is 98.9. The summed E-state index contributed by atoms with van der Waals surface area (Å²) in [5, 5.41) is 0. The van der Waals surface area contributed by atoms with Gasteiger partial charge in [-0.05, 0) is 25.2 Å². The minimum absolute atomic E-state index is 0.408. The summed E-state index contributed by atoms with van der Waals surface area (Å²) in [5.41, 5.74) is 5.73. The van der Waals surface area contributed by atoms with Crippen LogP contribution >= 0.6 is 0 Å². The highest BCUT2D eigenvalue weighted by molar-refractivity contribution is 4.76. The van der Waals surface area contributed by atoms with Gasteiger partial charge in [-0.1, -0.05) is 26.2 Å². The monoisotopic (exact) mass is 141 g/mol. The van der Waals surface area contributed by atoms with Crippen molar-refractivity contribution in [1.82, 2.24) is 0 Å². The summed E-state index contributed by atoms with van der Waals surface area (Å²) in [4.78, 5) is 0. The maximum absolute atomic E-state index is 5.73. The van der Waals surface area contributed by atoms with Gasteiger partial charge in [0.25, 0.3) is 0 Å². The number of rotatable bonds is 2. The molecular weight excluding hydrogens is 122 g/mol. The Labute approximate surface area is 64.0 Å². The van der Waals surface area contributed by atoms with Gasteiger partial charge in [-0.3, -0.25) is 0 Å². The molecule has 1 nitrogen and oxygen atoms in total. The summed E-state index contributed by atoms with van der Waals surface area (Å²) in [7, 11) is 0. The minimum Gasteiger partial charge on any atom is -0.328 e. The standard InChI is InChI=1S/C9H19N/c1-7-4-3-5-9(7)6-8(2)10/h7-9H,3-6,10H2,1-2H3. The molecule has 1 fully saturated rings. The van der Waals surface area contributed by atoms with Crippen molar-refractivity contribution in [2.45, 2.75) is 45.6 Å². The molecule has 0 aromatic carbocycles. The molecule has 0 radical (unpaired) electrons. The fourth-order valence-corrected chi connectivity index (χ4v) is 2.05. The van der Waals surface area contributed by atoms with E-state index in [0.29, 0.717) is 6.04 Å². The first kappa shape index (κ1) is 8.06. The predicted octanol–water partition coefficient (Wildman–Crippen LogP) is 2.16. The fourth-order valence-electron chi connectivity index (χ4n) is 2.05. The lowest BCUT2D eigenvalue weighted by Gasteiger charge is -2.16. The van der Waals surface area contributed by atoms with Crippen LogP contribution in [0.4, 0.5) is 0 Å². The predicted molar refractivity (Wildman–Crippen MR) is 44.8 cm³/mol. The lowest BCUT2D eigenvalue weighted by molar-refractivity contribution is 0.368. The van der Waals surface area contributed by atoms with Gasteiger partial charge < -0.3 is 5.73 Å². The van der Waals surface area contributed by atoms with Gasteiger partial charge in [-0.2, -0.15) is 0 Å². The molecule has 1 saturated carbocycles. The molecule has 0 amide bonds. The largest absolute Gasteiger partial charge is 0.328 e. The molecule has 1 aliphatic carbocycles. The Morgan fingerprint density at radius 3 is 2.60 bits per heavy atom. The Morgan fingerprint density at radius 1 is 1.50 bits per heavy atom. The van der Waals surface area contributed by atoms with Crippen LogP contribution < -0.4 is 5.73 Å². The highest BCUT2D eigenvalue weighted by atomic mass is 14.6. The van der Waals surface area contributed by atoms with E-state index in [-0.39, 0.29) is 0 Å². The quantitative estimate of drug-likeness (QED) is 0.626. The average molecular weight is 141 g/mol. The fraction of sp³-hybridized carbons (Fsp3) is 1.00. The van der Waals surface area contributed by atoms with Crippen molar-refractivity contribution >= 4 is 0 Å². The van der Waals surface area contributed by atoms with Gasteiger partial charge in [0.1, 0.15) is 0 Å². The zero-order valence-corrected chi connectivity index (χ0v) is 7.14. The van der Waals surface area contributed by atoms with E-state index in [0.717, 1.165) is 11.8 Å². The van der Waals surface area contributed by atoms with Crippen LogP contribution in [0.3, 0.4) is 0 Å². The van der Waals surface area contributed by atoms with Crippen LogP contribution in [-0.2, 0) is 0 Å². The van der Waals surface area contributed by atoms with E-state index in [1.54, 1.807) is 0 Å². The van der Waals surface area contributed by atoms with Crippen molar-refractivity contribution in [2.75, 3.05) is 0 Å². The summed E-state index contributed by atoms with van der Waals surface area (Å²) >= 11 is 0. The van der Waals surface area contributed by atoms with E-state index < -0.39 is 0 Å². The summed E-state index contributed by atoms with van der Waals surface area (Å²) in [6.07, 6.45) is 5.51. The molecule has 0 aromatic rings. The normalized spacial score (nSPS) is 36.3. The van der Waals surface area contributed by atoms with Crippen LogP contribution in [0.15, 0.2) is 0 Å². The van der Waals surface area contributed by atoms with E-state index in [2.05, 4.69) is 13.8 Å². The molecule has 1 rings (SSSR count). The van der Waals surface area contributed by atoms with E-state index in [1.807, 2.05) is 0 Å². The molecule has 2 N–H and O–H groups in total. The summed E-state index contributed by atoms with van der Waals surface area (Å²) in [5.74, 6) is 1.87. The van der Waals surface area contributed by atoms with E-state index in [9.17, 15) is 0 Å². The van der Waals surface area contributed by atoms with Crippen molar-refractivity contribution in [3.8, 4) is 0 Å². The third-order valence-electron chi connectivity index (χ3n) is 2.71. The maximum atomic E-state index is 5.73. The summed E-state index contributed by atoms with van der Waals surface area (Å²) in [6.45, 7) is 4.48. The van der Waals surface area contributed by atoms with Crippen LogP contribution in [0, 0.1) is 11.8 Å². The van der Waals surface area contributed by atoms with Crippen LogP contribution in [0.1, 0.15) is 39.5 Å². The van der Waals surface area contributed by atoms with Crippen molar-refractivity contribution in [3.05, 3.63) is 0 Å².